The third kappa shape index (κ3) is 4.16. The highest BCUT2D eigenvalue weighted by atomic mass is 35.5. The second-order valence-electron chi connectivity index (χ2n) is 3.43. The summed E-state index contributed by atoms with van der Waals surface area (Å²) in [6, 6.07) is 1.60. The Morgan fingerprint density at radius 1 is 1.59 bits per heavy atom. The monoisotopic (exact) mass is 258 g/mol. The minimum atomic E-state index is -0.101. The lowest BCUT2D eigenvalue weighted by molar-refractivity contribution is -0.119. The van der Waals surface area contributed by atoms with Gasteiger partial charge in [-0.15, -0.1) is 0 Å². The zero-order valence-corrected chi connectivity index (χ0v) is 10.8. The first-order valence-electron chi connectivity index (χ1n) is 5.01. The van der Waals surface area contributed by atoms with Crippen LogP contribution in [0.5, 0.6) is 0 Å². The molecule has 0 aliphatic rings. The molecule has 7 heteroatoms. The summed E-state index contributed by atoms with van der Waals surface area (Å²) in [5.41, 5.74) is 0. The number of likely N-dealkylation sites (N-methyl/N-ethyl adjacent to an activating group) is 2. The van der Waals surface area contributed by atoms with Crippen LogP contribution in [0.1, 0.15) is 5.82 Å². The van der Waals surface area contributed by atoms with Crippen LogP contribution in [0.3, 0.4) is 0 Å². The summed E-state index contributed by atoms with van der Waals surface area (Å²) in [7, 11) is 4.89. The Labute approximate surface area is 105 Å². The Kier molecular flexibility index (Phi) is 5.11. The molecule has 0 saturated carbocycles. The predicted octanol–water partition coefficient (Wildman–Crippen LogP) is 0.459. The molecule has 1 N–H and O–H groups in total. The van der Waals surface area contributed by atoms with Gasteiger partial charge < -0.3 is 15.0 Å². The standard InChI is InChI=1S/C10H15ClN4O2/c1-12-10(16)5-15(2)9-4-7(11)13-8(14-9)6-17-3/h4H,5-6H2,1-3H3,(H,12,16). The van der Waals surface area contributed by atoms with E-state index in [9.17, 15) is 4.79 Å². The van der Waals surface area contributed by atoms with Crippen LogP contribution < -0.4 is 10.2 Å². The highest BCUT2D eigenvalue weighted by molar-refractivity contribution is 6.29. The van der Waals surface area contributed by atoms with Gasteiger partial charge >= 0.3 is 0 Å². The maximum absolute atomic E-state index is 11.2. The van der Waals surface area contributed by atoms with Crippen molar-refractivity contribution in [2.45, 2.75) is 6.61 Å². The van der Waals surface area contributed by atoms with Crippen LogP contribution in [-0.4, -0.2) is 43.6 Å². The molecule has 0 spiro atoms. The van der Waals surface area contributed by atoms with Gasteiger partial charge in [-0.25, -0.2) is 9.97 Å². The van der Waals surface area contributed by atoms with E-state index in [-0.39, 0.29) is 19.1 Å². The van der Waals surface area contributed by atoms with Gasteiger partial charge in [-0.1, -0.05) is 11.6 Å². The first kappa shape index (κ1) is 13.7. The predicted molar refractivity (Wildman–Crippen MR) is 65.1 cm³/mol. The number of carbonyl (C=O) groups is 1. The SMILES string of the molecule is CNC(=O)CN(C)c1cc(Cl)nc(COC)n1. The number of rotatable bonds is 5. The third-order valence-corrected chi connectivity index (χ3v) is 2.25. The number of ether oxygens (including phenoxy) is 1. The Balaban J connectivity index is 2.85. The zero-order chi connectivity index (χ0) is 12.8. The summed E-state index contributed by atoms with van der Waals surface area (Å²) >= 11 is 5.87. The number of methoxy groups -OCH3 is 1. The van der Waals surface area contributed by atoms with Gasteiger partial charge in [-0.3, -0.25) is 4.79 Å². The molecule has 0 saturated heterocycles. The summed E-state index contributed by atoms with van der Waals surface area (Å²) in [5, 5.41) is 2.86. The Bertz CT molecular complexity index is 400. The Hall–Kier alpha value is -1.40. The van der Waals surface area contributed by atoms with Gasteiger partial charge in [0.15, 0.2) is 5.82 Å². The molecule has 1 amide bonds. The maximum atomic E-state index is 11.2. The summed E-state index contributed by atoms with van der Waals surface area (Å²) in [4.78, 5) is 21.2. The van der Waals surface area contributed by atoms with Crippen LogP contribution >= 0.6 is 11.6 Å². The fraction of sp³-hybridized carbons (Fsp3) is 0.500. The number of nitrogens with zero attached hydrogens (tertiary/aromatic N) is 3. The molecule has 0 atom stereocenters. The zero-order valence-electron chi connectivity index (χ0n) is 10.0. The van der Waals surface area contributed by atoms with E-state index in [1.807, 2.05) is 0 Å². The number of nitrogens with one attached hydrogen (secondary N) is 1. The van der Waals surface area contributed by atoms with Gasteiger partial charge in [-0.05, 0) is 0 Å². The van der Waals surface area contributed by atoms with Gasteiger partial charge in [0, 0.05) is 27.3 Å². The average molecular weight is 259 g/mol. The van der Waals surface area contributed by atoms with E-state index < -0.39 is 0 Å². The van der Waals surface area contributed by atoms with Crippen molar-refractivity contribution in [1.29, 1.82) is 0 Å². The molecule has 94 valence electrons. The van der Waals surface area contributed by atoms with E-state index in [0.717, 1.165) is 0 Å². The normalized spacial score (nSPS) is 10.1. The van der Waals surface area contributed by atoms with E-state index in [2.05, 4.69) is 15.3 Å². The molecule has 0 aromatic carbocycles. The highest BCUT2D eigenvalue weighted by Gasteiger charge is 2.10. The molecule has 6 nitrogen and oxygen atoms in total. The topological polar surface area (TPSA) is 67.4 Å². The molecule has 1 aromatic heterocycles. The number of amides is 1. The van der Waals surface area contributed by atoms with Crippen molar-refractivity contribution in [2.24, 2.45) is 0 Å². The lowest BCUT2D eigenvalue weighted by atomic mass is 10.4. The number of halogens is 1. The summed E-state index contributed by atoms with van der Waals surface area (Å²) in [5.74, 6) is 0.968. The molecule has 0 unspecified atom stereocenters. The minimum Gasteiger partial charge on any atom is -0.377 e. The summed E-state index contributed by atoms with van der Waals surface area (Å²) < 4.78 is 4.94. The van der Waals surface area contributed by atoms with E-state index in [0.29, 0.717) is 16.8 Å². The minimum absolute atomic E-state index is 0.101. The number of anilines is 1. The van der Waals surface area contributed by atoms with Gasteiger partial charge in [0.2, 0.25) is 5.91 Å². The molecule has 0 fully saturated rings. The lowest BCUT2D eigenvalue weighted by Crippen LogP contribution is -2.33. The summed E-state index contributed by atoms with van der Waals surface area (Å²) in [6.45, 7) is 0.484. The first-order valence-corrected chi connectivity index (χ1v) is 5.38. The number of hydrogen-bond acceptors (Lipinski definition) is 5. The maximum Gasteiger partial charge on any atom is 0.239 e. The molecule has 0 bridgehead atoms. The second kappa shape index (κ2) is 6.36. The fourth-order valence-electron chi connectivity index (χ4n) is 1.22. The first-order chi connectivity index (χ1) is 8.06. The Morgan fingerprint density at radius 2 is 2.29 bits per heavy atom. The van der Waals surface area contributed by atoms with Crippen molar-refractivity contribution in [3.8, 4) is 0 Å². The van der Waals surface area contributed by atoms with E-state index in [1.54, 1.807) is 32.2 Å². The van der Waals surface area contributed by atoms with Crippen LogP contribution in [0.4, 0.5) is 5.82 Å². The summed E-state index contributed by atoms with van der Waals surface area (Å²) in [6.07, 6.45) is 0. The van der Waals surface area contributed by atoms with Crippen molar-refractivity contribution >= 4 is 23.3 Å². The van der Waals surface area contributed by atoms with Crippen LogP contribution in [0.2, 0.25) is 5.15 Å². The van der Waals surface area contributed by atoms with E-state index >= 15 is 0 Å². The molecule has 1 heterocycles. The number of carbonyl (C=O) groups excluding carboxylic acids is 1. The lowest BCUT2D eigenvalue weighted by Gasteiger charge is -2.17. The molecule has 1 aromatic rings. The van der Waals surface area contributed by atoms with Crippen molar-refractivity contribution in [1.82, 2.24) is 15.3 Å². The van der Waals surface area contributed by atoms with Crippen LogP contribution in [0, 0.1) is 0 Å². The van der Waals surface area contributed by atoms with Gasteiger partial charge in [0.25, 0.3) is 0 Å². The molecular weight excluding hydrogens is 244 g/mol. The van der Waals surface area contributed by atoms with E-state index in [4.69, 9.17) is 16.3 Å². The molecule has 17 heavy (non-hydrogen) atoms. The third-order valence-electron chi connectivity index (χ3n) is 2.05. The molecule has 0 aliphatic heterocycles. The van der Waals surface area contributed by atoms with Gasteiger partial charge in [0.05, 0.1) is 6.54 Å². The smallest absolute Gasteiger partial charge is 0.239 e. The van der Waals surface area contributed by atoms with Crippen LogP contribution in [0.25, 0.3) is 0 Å². The van der Waals surface area contributed by atoms with Crippen molar-refractivity contribution < 1.29 is 9.53 Å². The van der Waals surface area contributed by atoms with Crippen molar-refractivity contribution in [3.05, 3.63) is 17.0 Å². The molecule has 1 rings (SSSR count). The molecular formula is C10H15ClN4O2. The number of hydrogen-bond donors (Lipinski definition) is 1. The largest absolute Gasteiger partial charge is 0.377 e. The van der Waals surface area contributed by atoms with Crippen molar-refractivity contribution in [2.75, 3.05) is 32.6 Å². The van der Waals surface area contributed by atoms with Crippen LogP contribution in [-0.2, 0) is 16.1 Å². The number of aromatic nitrogens is 2. The molecule has 0 aliphatic carbocycles. The Morgan fingerprint density at radius 3 is 2.88 bits per heavy atom. The second-order valence-corrected chi connectivity index (χ2v) is 3.81. The quantitative estimate of drug-likeness (QED) is 0.777. The van der Waals surface area contributed by atoms with Crippen molar-refractivity contribution in [3.63, 3.8) is 0 Å². The van der Waals surface area contributed by atoms with Gasteiger partial charge in [-0.2, -0.15) is 0 Å². The average Bonchev–Trinajstić information content (AvgIpc) is 2.28. The van der Waals surface area contributed by atoms with Crippen LogP contribution in [0.15, 0.2) is 6.07 Å². The molecule has 0 radical (unpaired) electrons. The fourth-order valence-corrected chi connectivity index (χ4v) is 1.41. The van der Waals surface area contributed by atoms with Gasteiger partial charge in [0.1, 0.15) is 17.6 Å². The highest BCUT2D eigenvalue weighted by Crippen LogP contribution is 2.15. The van der Waals surface area contributed by atoms with E-state index in [1.165, 1.54) is 0 Å².